The lowest BCUT2D eigenvalue weighted by Crippen LogP contribution is -2.33. The van der Waals surface area contributed by atoms with Crippen LogP contribution in [0.15, 0.2) is 28.7 Å². The largest absolute Gasteiger partial charge is 0.371 e. The van der Waals surface area contributed by atoms with E-state index in [2.05, 4.69) is 57.9 Å². The molecule has 0 bridgehead atoms. The van der Waals surface area contributed by atoms with Gasteiger partial charge in [-0.2, -0.15) is 0 Å². The van der Waals surface area contributed by atoms with Gasteiger partial charge in [0.15, 0.2) is 0 Å². The van der Waals surface area contributed by atoms with E-state index in [-0.39, 0.29) is 12.4 Å². The Morgan fingerprint density at radius 3 is 2.22 bits per heavy atom. The molecular formula is C14H24BrClN2. The van der Waals surface area contributed by atoms with Crippen molar-refractivity contribution < 1.29 is 0 Å². The predicted molar refractivity (Wildman–Crippen MR) is 86.8 cm³/mol. The first kappa shape index (κ1) is 17.8. The Hall–Kier alpha value is -0.250. The van der Waals surface area contributed by atoms with Gasteiger partial charge < -0.3 is 10.6 Å². The zero-order valence-corrected chi connectivity index (χ0v) is 13.6. The second-order valence-electron chi connectivity index (χ2n) is 4.35. The highest BCUT2D eigenvalue weighted by Crippen LogP contribution is 2.30. The van der Waals surface area contributed by atoms with Crippen molar-refractivity contribution in [1.82, 2.24) is 0 Å². The quantitative estimate of drug-likeness (QED) is 0.877. The van der Waals surface area contributed by atoms with Crippen LogP contribution in [0.1, 0.15) is 32.1 Å². The number of nitrogens with zero attached hydrogens (tertiary/aromatic N) is 1. The van der Waals surface area contributed by atoms with Crippen molar-refractivity contribution in [1.29, 1.82) is 0 Å². The van der Waals surface area contributed by atoms with E-state index in [9.17, 15) is 0 Å². The van der Waals surface area contributed by atoms with Gasteiger partial charge >= 0.3 is 0 Å². The second-order valence-corrected chi connectivity index (χ2v) is 5.21. The van der Waals surface area contributed by atoms with E-state index in [4.69, 9.17) is 0 Å². The van der Waals surface area contributed by atoms with Crippen LogP contribution < -0.4 is 10.6 Å². The molecule has 1 aromatic rings. The van der Waals surface area contributed by atoms with Gasteiger partial charge in [0.05, 0.1) is 5.69 Å². The molecule has 1 fully saturated rings. The first-order valence-electron chi connectivity index (χ1n) is 6.34. The lowest BCUT2D eigenvalue weighted by atomic mass is 9.94. The molecule has 0 aromatic heterocycles. The zero-order chi connectivity index (χ0) is 12.7. The third-order valence-corrected chi connectivity index (χ3v) is 4.03. The van der Waals surface area contributed by atoms with Gasteiger partial charge in [-0.05, 0) is 48.0 Å². The van der Waals surface area contributed by atoms with Crippen LogP contribution in [0.2, 0.25) is 0 Å². The lowest BCUT2D eigenvalue weighted by molar-refractivity contribution is 0.427. The Morgan fingerprint density at radius 2 is 1.67 bits per heavy atom. The number of halogens is 2. The molecule has 1 aliphatic rings. The SMILES string of the molecule is CN.CN(c1ccccc1Br)C1CCCCC1.Cl. The van der Waals surface area contributed by atoms with Crippen LogP contribution in [-0.4, -0.2) is 20.1 Å². The molecule has 1 aliphatic carbocycles. The summed E-state index contributed by atoms with van der Waals surface area (Å²) in [5, 5.41) is 0. The van der Waals surface area contributed by atoms with Gasteiger partial charge in [0.2, 0.25) is 0 Å². The first-order chi connectivity index (χ1) is 8.29. The van der Waals surface area contributed by atoms with Gasteiger partial charge in [-0.15, -0.1) is 12.4 Å². The second kappa shape index (κ2) is 9.65. The predicted octanol–water partition coefficient (Wildman–Crippen LogP) is 4.21. The topological polar surface area (TPSA) is 29.3 Å². The highest BCUT2D eigenvalue weighted by molar-refractivity contribution is 9.10. The van der Waals surface area contributed by atoms with Gasteiger partial charge in [0.25, 0.3) is 0 Å². The maximum Gasteiger partial charge on any atom is 0.0510 e. The summed E-state index contributed by atoms with van der Waals surface area (Å²) in [7, 11) is 3.72. The molecular weight excluding hydrogens is 312 g/mol. The smallest absolute Gasteiger partial charge is 0.0510 e. The summed E-state index contributed by atoms with van der Waals surface area (Å²) in [6, 6.07) is 9.23. The van der Waals surface area contributed by atoms with Gasteiger partial charge in [0.1, 0.15) is 0 Å². The van der Waals surface area contributed by atoms with E-state index in [0.717, 1.165) is 6.04 Å². The van der Waals surface area contributed by atoms with E-state index in [1.165, 1.54) is 49.3 Å². The Labute approximate surface area is 125 Å². The Morgan fingerprint density at radius 1 is 1.11 bits per heavy atom. The van der Waals surface area contributed by atoms with Crippen molar-refractivity contribution in [2.45, 2.75) is 38.1 Å². The molecule has 4 heteroatoms. The summed E-state index contributed by atoms with van der Waals surface area (Å²) in [6.45, 7) is 0. The highest BCUT2D eigenvalue weighted by atomic mass is 79.9. The maximum atomic E-state index is 4.50. The summed E-state index contributed by atoms with van der Waals surface area (Å²) >= 11 is 3.62. The average molecular weight is 336 g/mol. The van der Waals surface area contributed by atoms with E-state index < -0.39 is 0 Å². The van der Waals surface area contributed by atoms with Crippen LogP contribution in [0.5, 0.6) is 0 Å². The minimum atomic E-state index is 0. The Kier molecular flexibility index (Phi) is 9.52. The molecule has 0 heterocycles. The third kappa shape index (κ3) is 4.79. The van der Waals surface area contributed by atoms with Gasteiger partial charge in [0, 0.05) is 17.6 Å². The number of hydrogen-bond donors (Lipinski definition) is 1. The molecule has 18 heavy (non-hydrogen) atoms. The number of benzene rings is 1. The number of hydrogen-bond acceptors (Lipinski definition) is 2. The van der Waals surface area contributed by atoms with Crippen LogP contribution in [0.4, 0.5) is 5.69 Å². The fourth-order valence-electron chi connectivity index (χ4n) is 2.40. The number of nitrogens with two attached hydrogens (primary N) is 1. The summed E-state index contributed by atoms with van der Waals surface area (Å²) in [5.41, 5.74) is 5.82. The molecule has 0 atom stereocenters. The van der Waals surface area contributed by atoms with Crippen molar-refractivity contribution >= 4 is 34.0 Å². The van der Waals surface area contributed by atoms with Crippen LogP contribution in [-0.2, 0) is 0 Å². The Balaban J connectivity index is 0.000000917. The number of rotatable bonds is 2. The highest BCUT2D eigenvalue weighted by Gasteiger charge is 2.19. The van der Waals surface area contributed by atoms with Crippen molar-refractivity contribution in [3.05, 3.63) is 28.7 Å². The molecule has 0 radical (unpaired) electrons. The maximum absolute atomic E-state index is 4.50. The summed E-state index contributed by atoms with van der Waals surface area (Å²) in [6.07, 6.45) is 6.88. The molecule has 2 rings (SSSR count). The minimum Gasteiger partial charge on any atom is -0.371 e. The molecule has 0 unspecified atom stereocenters. The molecule has 1 saturated carbocycles. The van der Waals surface area contributed by atoms with Crippen LogP contribution in [0.25, 0.3) is 0 Å². The van der Waals surface area contributed by atoms with Crippen LogP contribution in [0, 0.1) is 0 Å². The molecule has 2 N–H and O–H groups in total. The molecule has 2 nitrogen and oxygen atoms in total. The zero-order valence-electron chi connectivity index (χ0n) is 11.2. The van der Waals surface area contributed by atoms with E-state index in [1.807, 2.05) is 0 Å². The fraction of sp³-hybridized carbons (Fsp3) is 0.571. The lowest BCUT2D eigenvalue weighted by Gasteiger charge is -2.33. The number of anilines is 1. The van der Waals surface area contributed by atoms with Gasteiger partial charge in [-0.3, -0.25) is 0 Å². The van der Waals surface area contributed by atoms with E-state index in [0.29, 0.717) is 0 Å². The third-order valence-electron chi connectivity index (χ3n) is 3.35. The molecule has 1 aromatic carbocycles. The average Bonchev–Trinajstić information content (AvgIpc) is 2.42. The van der Waals surface area contributed by atoms with Crippen molar-refractivity contribution in [2.75, 3.05) is 19.0 Å². The number of para-hydroxylation sites is 1. The van der Waals surface area contributed by atoms with Gasteiger partial charge in [-0.1, -0.05) is 31.4 Å². The van der Waals surface area contributed by atoms with Crippen molar-refractivity contribution in [3.63, 3.8) is 0 Å². The van der Waals surface area contributed by atoms with E-state index >= 15 is 0 Å². The van der Waals surface area contributed by atoms with Gasteiger partial charge in [-0.25, -0.2) is 0 Å². The van der Waals surface area contributed by atoms with Crippen molar-refractivity contribution in [2.24, 2.45) is 5.73 Å². The van der Waals surface area contributed by atoms with Crippen LogP contribution >= 0.6 is 28.3 Å². The molecule has 104 valence electrons. The molecule has 0 spiro atoms. The summed E-state index contributed by atoms with van der Waals surface area (Å²) in [4.78, 5) is 2.43. The Bertz CT molecular complexity index is 327. The standard InChI is InChI=1S/C13H18BrN.CH5N.ClH/c1-15(11-7-3-2-4-8-11)13-10-6-5-9-12(13)14;1-2;/h5-6,9-11H,2-4,7-8H2,1H3;2H2,1H3;1H. The normalized spacial score (nSPS) is 15.1. The monoisotopic (exact) mass is 334 g/mol. The van der Waals surface area contributed by atoms with Crippen molar-refractivity contribution in [3.8, 4) is 0 Å². The molecule has 0 aliphatic heterocycles. The van der Waals surface area contributed by atoms with E-state index in [1.54, 1.807) is 0 Å². The summed E-state index contributed by atoms with van der Waals surface area (Å²) in [5.74, 6) is 0. The summed E-state index contributed by atoms with van der Waals surface area (Å²) < 4.78 is 1.21. The fourth-order valence-corrected chi connectivity index (χ4v) is 2.97. The molecule has 0 amide bonds. The van der Waals surface area contributed by atoms with Crippen LogP contribution in [0.3, 0.4) is 0 Å². The minimum absolute atomic E-state index is 0. The molecule has 0 saturated heterocycles. The first-order valence-corrected chi connectivity index (χ1v) is 7.13.